The normalized spacial score (nSPS) is 37.7. The monoisotopic (exact) mass is 319 g/mol. The first kappa shape index (κ1) is 15.9. The third kappa shape index (κ3) is 2.19. The van der Waals surface area contributed by atoms with Crippen LogP contribution in [0.4, 0.5) is 0 Å². The molecule has 1 aromatic rings. The molecule has 2 saturated carbocycles. The van der Waals surface area contributed by atoms with Crippen molar-refractivity contribution in [1.82, 2.24) is 0 Å². The molecule has 0 radical (unpaired) electrons. The summed E-state index contributed by atoms with van der Waals surface area (Å²) in [6, 6.07) is 9.84. The summed E-state index contributed by atoms with van der Waals surface area (Å²) >= 11 is 0. The van der Waals surface area contributed by atoms with Gasteiger partial charge in [0.05, 0.1) is 11.4 Å². The molecule has 2 bridgehead atoms. The van der Waals surface area contributed by atoms with Gasteiger partial charge in [-0.3, -0.25) is 0 Å². The third-order valence-electron chi connectivity index (χ3n) is 6.29. The van der Waals surface area contributed by atoms with Gasteiger partial charge in [-0.1, -0.05) is 51.1 Å². The number of benzene rings is 1. The number of nitrogens with zero attached hydrogens (tertiary/aromatic N) is 1. The summed E-state index contributed by atoms with van der Waals surface area (Å²) in [7, 11) is 0.494. The average molecular weight is 319 g/mol. The number of fused-ring (bicyclic) bond motifs is 2. The van der Waals surface area contributed by atoms with Gasteiger partial charge < -0.3 is 4.74 Å². The van der Waals surface area contributed by atoms with Crippen LogP contribution in [0.15, 0.2) is 34.7 Å². The van der Waals surface area contributed by atoms with Crippen molar-refractivity contribution in [2.24, 2.45) is 21.1 Å². The summed E-state index contributed by atoms with van der Waals surface area (Å²) < 4.78 is 23.0. The van der Waals surface area contributed by atoms with Crippen molar-refractivity contribution in [2.75, 3.05) is 7.11 Å². The molecule has 3 rings (SSSR count). The van der Waals surface area contributed by atoms with Gasteiger partial charge in [0.25, 0.3) is 0 Å². The van der Waals surface area contributed by atoms with Crippen LogP contribution in [-0.2, 0) is 15.7 Å². The Hall–Kier alpha value is -1.00. The topological polar surface area (TPSA) is 38.7 Å². The second kappa shape index (κ2) is 5.57. The minimum absolute atomic E-state index is 0.00119. The molecule has 0 aromatic heterocycles. The van der Waals surface area contributed by atoms with E-state index in [9.17, 15) is 4.21 Å². The molecule has 0 amide bonds. The van der Waals surface area contributed by atoms with Gasteiger partial charge in [0.1, 0.15) is 11.0 Å². The van der Waals surface area contributed by atoms with Gasteiger partial charge in [0.2, 0.25) is 0 Å². The first-order valence-electron chi connectivity index (χ1n) is 7.94. The molecule has 2 aliphatic rings. The van der Waals surface area contributed by atoms with E-state index >= 15 is 0 Å². The highest BCUT2D eigenvalue weighted by atomic mass is 32.2. The van der Waals surface area contributed by atoms with Crippen LogP contribution in [0.25, 0.3) is 0 Å². The molecule has 0 saturated heterocycles. The molecule has 4 heteroatoms. The molecule has 0 spiro atoms. The van der Waals surface area contributed by atoms with Crippen molar-refractivity contribution >= 4 is 17.2 Å². The maximum absolute atomic E-state index is 12.8. The second-order valence-electron chi connectivity index (χ2n) is 7.33. The Balaban J connectivity index is 1.85. The Labute approximate surface area is 135 Å². The van der Waals surface area contributed by atoms with Crippen molar-refractivity contribution in [3.05, 3.63) is 35.9 Å². The van der Waals surface area contributed by atoms with Crippen LogP contribution < -0.4 is 0 Å². The minimum Gasteiger partial charge on any atom is -0.380 e. The van der Waals surface area contributed by atoms with Gasteiger partial charge in [-0.15, -0.1) is 0 Å². The first-order chi connectivity index (χ1) is 10.4. The van der Waals surface area contributed by atoms with E-state index in [4.69, 9.17) is 4.74 Å². The minimum atomic E-state index is -1.25. The van der Waals surface area contributed by atoms with Crippen LogP contribution in [0.5, 0.6) is 0 Å². The molecular formula is C18H25NO2S. The van der Waals surface area contributed by atoms with Gasteiger partial charge in [-0.25, -0.2) is 4.21 Å². The lowest BCUT2D eigenvalue weighted by molar-refractivity contribution is -0.0181. The fourth-order valence-corrected chi connectivity index (χ4v) is 6.33. The Morgan fingerprint density at radius 3 is 2.59 bits per heavy atom. The summed E-state index contributed by atoms with van der Waals surface area (Å²) in [5.41, 5.74) is 1.23. The Kier molecular flexibility index (Phi) is 4.02. The van der Waals surface area contributed by atoms with E-state index < -0.39 is 11.0 Å². The summed E-state index contributed by atoms with van der Waals surface area (Å²) in [6.07, 6.45) is 4.03. The van der Waals surface area contributed by atoms with Crippen LogP contribution in [0.2, 0.25) is 0 Å². The number of rotatable bonds is 4. The smallest absolute Gasteiger partial charge is 0.145 e. The highest BCUT2D eigenvalue weighted by Gasteiger charge is 2.68. The Morgan fingerprint density at radius 2 is 1.95 bits per heavy atom. The van der Waals surface area contributed by atoms with E-state index in [0.717, 1.165) is 18.4 Å². The van der Waals surface area contributed by atoms with Crippen molar-refractivity contribution < 1.29 is 8.95 Å². The SMILES string of the molecule is CO[C@@H]1[C@H](S(=O)/N=C/c2ccccc2)[C@H]2CC[C@]1(C)C2(C)C. The molecule has 0 aliphatic heterocycles. The molecule has 2 aliphatic carbocycles. The summed E-state index contributed by atoms with van der Waals surface area (Å²) in [5, 5.41) is -0.00119. The van der Waals surface area contributed by atoms with E-state index in [-0.39, 0.29) is 22.2 Å². The number of hydrogen-bond acceptors (Lipinski definition) is 2. The molecule has 5 atom stereocenters. The zero-order chi connectivity index (χ0) is 16.0. The lowest BCUT2D eigenvalue weighted by Gasteiger charge is -2.38. The van der Waals surface area contributed by atoms with Gasteiger partial charge in [-0.2, -0.15) is 4.40 Å². The van der Waals surface area contributed by atoms with Crippen molar-refractivity contribution in [1.29, 1.82) is 0 Å². The standard InChI is InChI=1S/C18H25NO2S/c1-17(2)14-10-11-18(17,3)16(21-4)15(14)22(20)19-12-13-8-6-5-7-9-13/h5-9,12,14-16H,10-11H2,1-4H3/b19-12+/t14-,15-,16-,18+,22?/m1/s1. The van der Waals surface area contributed by atoms with Gasteiger partial charge in [0, 0.05) is 18.7 Å². The maximum atomic E-state index is 12.8. The molecule has 0 heterocycles. The Bertz CT molecular complexity index is 598. The van der Waals surface area contributed by atoms with E-state index in [2.05, 4.69) is 25.2 Å². The van der Waals surface area contributed by atoms with Crippen LogP contribution in [0, 0.1) is 16.7 Å². The van der Waals surface area contributed by atoms with Crippen LogP contribution in [-0.4, -0.2) is 28.9 Å². The van der Waals surface area contributed by atoms with E-state index in [1.807, 2.05) is 30.3 Å². The van der Waals surface area contributed by atoms with E-state index in [0.29, 0.717) is 5.92 Å². The zero-order valence-electron chi connectivity index (χ0n) is 13.8. The summed E-state index contributed by atoms with van der Waals surface area (Å²) in [4.78, 5) is 0. The quantitative estimate of drug-likeness (QED) is 0.795. The molecule has 120 valence electrons. The number of hydrogen-bond donors (Lipinski definition) is 0. The predicted molar refractivity (Wildman–Crippen MR) is 91.4 cm³/mol. The van der Waals surface area contributed by atoms with Crippen molar-refractivity contribution in [3.8, 4) is 0 Å². The fourth-order valence-electron chi connectivity index (χ4n) is 4.58. The molecule has 2 fully saturated rings. The molecule has 1 aromatic carbocycles. The maximum Gasteiger partial charge on any atom is 0.145 e. The van der Waals surface area contributed by atoms with Crippen LogP contribution >= 0.6 is 0 Å². The second-order valence-corrected chi connectivity index (χ2v) is 8.63. The van der Waals surface area contributed by atoms with Crippen LogP contribution in [0.1, 0.15) is 39.2 Å². The van der Waals surface area contributed by atoms with Gasteiger partial charge in [-0.05, 0) is 29.7 Å². The van der Waals surface area contributed by atoms with Crippen LogP contribution in [0.3, 0.4) is 0 Å². The number of ether oxygens (including phenoxy) is 1. The highest BCUT2D eigenvalue weighted by Crippen LogP contribution is 2.67. The Morgan fingerprint density at radius 1 is 1.27 bits per heavy atom. The first-order valence-corrected chi connectivity index (χ1v) is 9.11. The molecule has 0 N–H and O–H groups in total. The van der Waals surface area contributed by atoms with Gasteiger partial charge >= 0.3 is 0 Å². The average Bonchev–Trinajstić information content (AvgIpc) is 2.84. The highest BCUT2D eigenvalue weighted by molar-refractivity contribution is 7.84. The van der Waals surface area contributed by atoms with E-state index in [1.54, 1.807) is 13.3 Å². The molecular weight excluding hydrogens is 294 g/mol. The zero-order valence-corrected chi connectivity index (χ0v) is 14.6. The number of methoxy groups -OCH3 is 1. The summed E-state index contributed by atoms with van der Waals surface area (Å²) in [5.74, 6) is 0.413. The van der Waals surface area contributed by atoms with Gasteiger partial charge in [0.15, 0.2) is 0 Å². The third-order valence-corrected chi connectivity index (χ3v) is 7.64. The predicted octanol–water partition coefficient (Wildman–Crippen LogP) is 3.61. The molecule has 3 nitrogen and oxygen atoms in total. The molecule has 22 heavy (non-hydrogen) atoms. The fraction of sp³-hybridized carbons (Fsp3) is 0.611. The molecule has 1 unspecified atom stereocenters. The lowest BCUT2D eigenvalue weighted by Crippen LogP contribution is -2.42. The largest absolute Gasteiger partial charge is 0.380 e. The lowest BCUT2D eigenvalue weighted by atomic mass is 9.70. The summed E-state index contributed by atoms with van der Waals surface area (Å²) in [6.45, 7) is 6.89. The van der Waals surface area contributed by atoms with E-state index in [1.165, 1.54) is 0 Å². The van der Waals surface area contributed by atoms with Crippen molar-refractivity contribution in [3.63, 3.8) is 0 Å². The van der Waals surface area contributed by atoms with Crippen molar-refractivity contribution in [2.45, 2.75) is 45.0 Å².